The summed E-state index contributed by atoms with van der Waals surface area (Å²) < 4.78 is 11.8. The summed E-state index contributed by atoms with van der Waals surface area (Å²) in [4.78, 5) is 17.1. The highest BCUT2D eigenvalue weighted by atomic mass is 35.5. The molecule has 1 fully saturated rings. The monoisotopic (exact) mass is 532 g/mol. The van der Waals surface area contributed by atoms with Gasteiger partial charge in [0, 0.05) is 42.8 Å². The van der Waals surface area contributed by atoms with Crippen LogP contribution < -0.4 is 4.74 Å². The number of nitrogens with zero attached hydrogens (tertiary/aromatic N) is 2. The summed E-state index contributed by atoms with van der Waals surface area (Å²) in [5.41, 5.74) is 2.53. The number of hydrogen-bond donors (Lipinski definition) is 0. The molecule has 4 rings (SSSR count). The van der Waals surface area contributed by atoms with Crippen molar-refractivity contribution in [3.05, 3.63) is 98.5 Å². The maximum Gasteiger partial charge on any atom is 0.255 e. The lowest BCUT2D eigenvalue weighted by molar-refractivity contribution is 0.00334. The van der Waals surface area contributed by atoms with Gasteiger partial charge in [-0.1, -0.05) is 59.1 Å². The molecule has 35 heavy (non-hydrogen) atoms. The molecule has 0 bridgehead atoms. The van der Waals surface area contributed by atoms with Crippen LogP contribution in [-0.2, 0) is 11.3 Å². The molecule has 1 aliphatic heterocycles. The molecule has 0 N–H and O–H groups in total. The number of rotatable bonds is 8. The van der Waals surface area contributed by atoms with Gasteiger partial charge in [0.25, 0.3) is 5.91 Å². The smallest absolute Gasteiger partial charge is 0.255 e. The van der Waals surface area contributed by atoms with Crippen LogP contribution in [0.2, 0.25) is 15.1 Å². The molecule has 8 heteroatoms. The lowest BCUT2D eigenvalue weighted by Crippen LogP contribution is -2.49. The molecule has 1 aliphatic rings. The third kappa shape index (κ3) is 6.90. The Morgan fingerprint density at radius 2 is 1.66 bits per heavy atom. The number of ether oxygens (including phenoxy) is 2. The van der Waals surface area contributed by atoms with Crippen LogP contribution in [0.25, 0.3) is 0 Å². The van der Waals surface area contributed by atoms with Crippen LogP contribution >= 0.6 is 34.8 Å². The van der Waals surface area contributed by atoms with E-state index in [0.29, 0.717) is 46.9 Å². The van der Waals surface area contributed by atoms with E-state index in [-0.39, 0.29) is 12.0 Å². The molecule has 0 aliphatic carbocycles. The SMILES string of the molecule is COc1cccc([C@@H](CN2CCN(C(=O)c3ccc(Cl)cc3Cl)CC2)OCc2cccc(Cl)c2)c1. The van der Waals surface area contributed by atoms with Gasteiger partial charge < -0.3 is 14.4 Å². The average molecular weight is 534 g/mol. The lowest BCUT2D eigenvalue weighted by Gasteiger charge is -2.36. The minimum atomic E-state index is -0.169. The summed E-state index contributed by atoms with van der Waals surface area (Å²) in [5, 5.41) is 1.57. The van der Waals surface area contributed by atoms with E-state index < -0.39 is 0 Å². The Kier molecular flexibility index (Phi) is 8.93. The molecule has 0 spiro atoms. The first-order valence-electron chi connectivity index (χ1n) is 11.4. The molecular weight excluding hydrogens is 507 g/mol. The molecule has 0 radical (unpaired) electrons. The summed E-state index contributed by atoms with van der Waals surface area (Å²) in [5.74, 6) is 0.710. The number of carbonyl (C=O) groups excluding carboxylic acids is 1. The van der Waals surface area contributed by atoms with Gasteiger partial charge in [-0.25, -0.2) is 0 Å². The van der Waals surface area contributed by atoms with Gasteiger partial charge >= 0.3 is 0 Å². The predicted octanol–water partition coefficient (Wildman–Crippen LogP) is 6.37. The highest BCUT2D eigenvalue weighted by Crippen LogP contribution is 2.26. The minimum absolute atomic E-state index is 0.0760. The molecule has 0 saturated carbocycles. The van der Waals surface area contributed by atoms with Crippen LogP contribution in [0.15, 0.2) is 66.7 Å². The Hall–Kier alpha value is -2.28. The predicted molar refractivity (Wildman–Crippen MR) is 141 cm³/mol. The molecule has 184 valence electrons. The largest absolute Gasteiger partial charge is 0.497 e. The zero-order chi connectivity index (χ0) is 24.8. The molecule has 0 unspecified atom stereocenters. The molecule has 3 aromatic carbocycles. The lowest BCUT2D eigenvalue weighted by atomic mass is 10.1. The average Bonchev–Trinajstić information content (AvgIpc) is 2.86. The van der Waals surface area contributed by atoms with Gasteiger partial charge in [-0.15, -0.1) is 0 Å². The van der Waals surface area contributed by atoms with Crippen molar-refractivity contribution >= 4 is 40.7 Å². The van der Waals surface area contributed by atoms with E-state index in [0.717, 1.165) is 30.0 Å². The normalized spacial score (nSPS) is 15.1. The Balaban J connectivity index is 1.41. The molecule has 3 aromatic rings. The summed E-state index contributed by atoms with van der Waals surface area (Å²) in [6, 6.07) is 20.6. The maximum atomic E-state index is 13.0. The number of halogens is 3. The first kappa shape index (κ1) is 25.8. The highest BCUT2D eigenvalue weighted by molar-refractivity contribution is 6.36. The maximum absolute atomic E-state index is 13.0. The Morgan fingerprint density at radius 1 is 0.914 bits per heavy atom. The number of methoxy groups -OCH3 is 1. The fourth-order valence-corrected chi connectivity index (χ4v) is 4.82. The molecular formula is C27H27Cl3N2O3. The van der Waals surface area contributed by atoms with Crippen molar-refractivity contribution in [2.45, 2.75) is 12.7 Å². The van der Waals surface area contributed by atoms with E-state index in [1.807, 2.05) is 53.4 Å². The van der Waals surface area contributed by atoms with Crippen LogP contribution in [0.3, 0.4) is 0 Å². The highest BCUT2D eigenvalue weighted by Gasteiger charge is 2.26. The third-order valence-corrected chi connectivity index (χ3v) is 6.83. The van der Waals surface area contributed by atoms with Gasteiger partial charge in [-0.3, -0.25) is 9.69 Å². The summed E-state index contributed by atoms with van der Waals surface area (Å²) in [7, 11) is 1.66. The van der Waals surface area contributed by atoms with Crippen LogP contribution in [0.4, 0.5) is 0 Å². The van der Waals surface area contributed by atoms with Crippen molar-refractivity contribution in [2.24, 2.45) is 0 Å². The fraction of sp³-hybridized carbons (Fsp3) is 0.296. The molecule has 1 saturated heterocycles. The van der Waals surface area contributed by atoms with Crippen LogP contribution in [0.1, 0.15) is 27.6 Å². The first-order valence-corrected chi connectivity index (χ1v) is 12.5. The van der Waals surface area contributed by atoms with Gasteiger partial charge in [-0.05, 0) is 53.6 Å². The van der Waals surface area contributed by atoms with E-state index in [4.69, 9.17) is 44.3 Å². The molecule has 0 aromatic heterocycles. The van der Waals surface area contributed by atoms with E-state index in [1.165, 1.54) is 0 Å². The molecule has 1 amide bonds. The Labute approximate surface area is 221 Å². The van der Waals surface area contributed by atoms with Crippen LogP contribution in [0, 0.1) is 0 Å². The van der Waals surface area contributed by atoms with Crippen molar-refractivity contribution < 1.29 is 14.3 Å². The van der Waals surface area contributed by atoms with Gasteiger partial charge in [0.05, 0.1) is 30.4 Å². The molecule has 1 heterocycles. The number of hydrogen-bond acceptors (Lipinski definition) is 4. The van der Waals surface area contributed by atoms with Crippen molar-refractivity contribution in [2.75, 3.05) is 39.8 Å². The zero-order valence-corrected chi connectivity index (χ0v) is 21.7. The van der Waals surface area contributed by atoms with Crippen molar-refractivity contribution in [3.63, 3.8) is 0 Å². The number of benzene rings is 3. The number of amides is 1. The summed E-state index contributed by atoms with van der Waals surface area (Å²) >= 11 is 18.4. The van der Waals surface area contributed by atoms with Crippen LogP contribution in [0.5, 0.6) is 5.75 Å². The molecule has 5 nitrogen and oxygen atoms in total. The van der Waals surface area contributed by atoms with E-state index in [2.05, 4.69) is 4.90 Å². The quantitative estimate of drug-likeness (QED) is 0.337. The standard InChI is InChI=1S/C27H27Cl3N2O3/c1-34-23-7-3-5-20(15-23)26(35-18-19-4-2-6-21(28)14-19)17-31-10-12-32(13-11-31)27(33)24-9-8-22(29)16-25(24)30/h2-9,14-16,26H,10-13,17-18H2,1H3/t26-/m1/s1. The van der Waals surface area contributed by atoms with Gasteiger partial charge in [0.2, 0.25) is 0 Å². The first-order chi connectivity index (χ1) is 16.9. The van der Waals surface area contributed by atoms with E-state index in [9.17, 15) is 4.79 Å². The third-order valence-electron chi connectivity index (χ3n) is 6.05. The second-order valence-corrected chi connectivity index (χ2v) is 9.70. The zero-order valence-electron chi connectivity index (χ0n) is 19.4. The topological polar surface area (TPSA) is 42.0 Å². The second-order valence-electron chi connectivity index (χ2n) is 8.42. The van der Waals surface area contributed by atoms with Gasteiger partial charge in [-0.2, -0.15) is 0 Å². The van der Waals surface area contributed by atoms with E-state index in [1.54, 1.807) is 25.3 Å². The number of carbonyl (C=O) groups is 1. The second kappa shape index (κ2) is 12.1. The van der Waals surface area contributed by atoms with Crippen molar-refractivity contribution in [1.29, 1.82) is 0 Å². The Bertz CT molecular complexity index is 1170. The minimum Gasteiger partial charge on any atom is -0.497 e. The fourth-order valence-electron chi connectivity index (χ4n) is 4.12. The number of piperazine rings is 1. The van der Waals surface area contributed by atoms with E-state index >= 15 is 0 Å². The van der Waals surface area contributed by atoms with Crippen molar-refractivity contribution in [1.82, 2.24) is 9.80 Å². The molecule has 1 atom stereocenters. The van der Waals surface area contributed by atoms with Crippen LogP contribution in [-0.4, -0.2) is 55.5 Å². The Morgan fingerprint density at radius 3 is 2.37 bits per heavy atom. The summed E-state index contributed by atoms with van der Waals surface area (Å²) in [6.45, 7) is 3.82. The van der Waals surface area contributed by atoms with Gasteiger partial charge in [0.1, 0.15) is 5.75 Å². The van der Waals surface area contributed by atoms with Crippen molar-refractivity contribution in [3.8, 4) is 5.75 Å². The van der Waals surface area contributed by atoms with Gasteiger partial charge in [0.15, 0.2) is 0 Å². The summed E-state index contributed by atoms with van der Waals surface area (Å²) in [6.07, 6.45) is -0.169.